The molecular formula is C18H26Cl2N2O. The van der Waals surface area contributed by atoms with Crippen molar-refractivity contribution in [1.29, 1.82) is 0 Å². The number of fused-ring (bicyclic) bond motifs is 2. The van der Waals surface area contributed by atoms with Crippen LogP contribution in [0.5, 0.6) is 0 Å². The predicted octanol–water partition coefficient (Wildman–Crippen LogP) is 3.85. The second kappa shape index (κ2) is 7.87. The highest BCUT2D eigenvalue weighted by molar-refractivity contribution is 6.30. The predicted molar refractivity (Wildman–Crippen MR) is 97.4 cm³/mol. The lowest BCUT2D eigenvalue weighted by Crippen LogP contribution is -2.45. The Hall–Kier alpha value is -0.770. The zero-order valence-electron chi connectivity index (χ0n) is 13.8. The van der Waals surface area contributed by atoms with Crippen LogP contribution in [0.3, 0.4) is 0 Å². The topological polar surface area (TPSA) is 32.3 Å². The number of nitrogens with one attached hydrogen (secondary N) is 1. The SMILES string of the molecule is CC(C)C(C(=O)N1C2CCNCC1CC2)c1cccc(Cl)c1.Cl. The lowest BCUT2D eigenvalue weighted by Gasteiger charge is -2.33. The minimum Gasteiger partial charge on any atom is -0.335 e. The molecule has 2 aliphatic rings. The highest BCUT2D eigenvalue weighted by atomic mass is 35.5. The van der Waals surface area contributed by atoms with E-state index in [9.17, 15) is 4.79 Å². The van der Waals surface area contributed by atoms with Gasteiger partial charge in [0.25, 0.3) is 0 Å². The van der Waals surface area contributed by atoms with Crippen LogP contribution in [0.4, 0.5) is 0 Å². The molecule has 1 N–H and O–H groups in total. The van der Waals surface area contributed by atoms with Gasteiger partial charge in [-0.1, -0.05) is 37.6 Å². The van der Waals surface area contributed by atoms with Gasteiger partial charge in [0.05, 0.1) is 5.92 Å². The van der Waals surface area contributed by atoms with E-state index in [0.717, 1.165) is 37.9 Å². The Kier molecular flexibility index (Phi) is 6.35. The van der Waals surface area contributed by atoms with Crippen LogP contribution in [0.15, 0.2) is 24.3 Å². The third-order valence-corrected chi connectivity index (χ3v) is 5.28. The zero-order valence-corrected chi connectivity index (χ0v) is 15.4. The van der Waals surface area contributed by atoms with E-state index in [4.69, 9.17) is 11.6 Å². The van der Waals surface area contributed by atoms with Gasteiger partial charge in [-0.25, -0.2) is 0 Å². The van der Waals surface area contributed by atoms with Crippen molar-refractivity contribution >= 4 is 29.9 Å². The van der Waals surface area contributed by atoms with Crippen LogP contribution in [0.25, 0.3) is 0 Å². The molecule has 23 heavy (non-hydrogen) atoms. The van der Waals surface area contributed by atoms with Crippen molar-refractivity contribution in [2.45, 2.75) is 51.1 Å². The summed E-state index contributed by atoms with van der Waals surface area (Å²) in [7, 11) is 0. The van der Waals surface area contributed by atoms with Crippen molar-refractivity contribution in [3.8, 4) is 0 Å². The minimum atomic E-state index is -0.0973. The molecule has 0 aromatic heterocycles. The first kappa shape index (κ1) is 18.6. The third kappa shape index (κ3) is 3.84. The van der Waals surface area contributed by atoms with Gasteiger partial charge in [0, 0.05) is 23.7 Å². The first-order valence-corrected chi connectivity index (χ1v) is 8.74. The van der Waals surface area contributed by atoms with Gasteiger partial charge in [0.2, 0.25) is 5.91 Å². The summed E-state index contributed by atoms with van der Waals surface area (Å²) in [5.74, 6) is 0.454. The molecule has 2 heterocycles. The highest BCUT2D eigenvalue weighted by Gasteiger charge is 2.41. The number of halogens is 2. The van der Waals surface area contributed by atoms with E-state index in [2.05, 4.69) is 24.1 Å². The fourth-order valence-electron chi connectivity index (χ4n) is 4.02. The average Bonchev–Trinajstić information content (AvgIpc) is 2.72. The number of rotatable bonds is 3. The molecular weight excluding hydrogens is 331 g/mol. The smallest absolute Gasteiger partial charge is 0.230 e. The van der Waals surface area contributed by atoms with E-state index in [0.29, 0.717) is 17.1 Å². The summed E-state index contributed by atoms with van der Waals surface area (Å²) in [6.07, 6.45) is 3.35. The molecule has 3 nitrogen and oxygen atoms in total. The third-order valence-electron chi connectivity index (χ3n) is 5.05. The Morgan fingerprint density at radius 1 is 1.26 bits per heavy atom. The van der Waals surface area contributed by atoms with E-state index < -0.39 is 0 Å². The Bertz CT molecular complexity index is 536. The highest BCUT2D eigenvalue weighted by Crippen LogP contribution is 2.35. The van der Waals surface area contributed by atoms with Crippen molar-refractivity contribution in [2.24, 2.45) is 5.92 Å². The number of carbonyl (C=O) groups is 1. The van der Waals surface area contributed by atoms with Crippen LogP contribution in [-0.2, 0) is 4.79 Å². The normalized spacial score (nSPS) is 25.0. The Morgan fingerprint density at radius 2 is 2.00 bits per heavy atom. The quantitative estimate of drug-likeness (QED) is 0.891. The lowest BCUT2D eigenvalue weighted by atomic mass is 9.86. The van der Waals surface area contributed by atoms with Gasteiger partial charge in [-0.05, 0) is 49.4 Å². The molecule has 5 heteroatoms. The Morgan fingerprint density at radius 3 is 2.70 bits per heavy atom. The molecule has 2 saturated heterocycles. The fourth-order valence-corrected chi connectivity index (χ4v) is 4.21. The Balaban J connectivity index is 0.00000192. The van der Waals surface area contributed by atoms with E-state index in [1.165, 1.54) is 0 Å². The van der Waals surface area contributed by atoms with Gasteiger partial charge in [-0.2, -0.15) is 0 Å². The van der Waals surface area contributed by atoms with Gasteiger partial charge in [-0.3, -0.25) is 4.79 Å². The summed E-state index contributed by atoms with van der Waals surface area (Å²) in [5.41, 5.74) is 1.05. The van der Waals surface area contributed by atoms with Gasteiger partial charge < -0.3 is 10.2 Å². The largest absolute Gasteiger partial charge is 0.335 e. The molecule has 0 radical (unpaired) electrons. The molecule has 3 rings (SSSR count). The molecule has 1 aromatic rings. The zero-order chi connectivity index (χ0) is 15.7. The Labute approximate surface area is 150 Å². The lowest BCUT2D eigenvalue weighted by molar-refractivity contribution is -0.136. The van der Waals surface area contributed by atoms with Gasteiger partial charge >= 0.3 is 0 Å². The molecule has 2 fully saturated rings. The maximum Gasteiger partial charge on any atom is 0.230 e. The van der Waals surface area contributed by atoms with Crippen molar-refractivity contribution in [3.05, 3.63) is 34.9 Å². The summed E-state index contributed by atoms with van der Waals surface area (Å²) < 4.78 is 0. The van der Waals surface area contributed by atoms with E-state index in [-0.39, 0.29) is 30.2 Å². The molecule has 0 saturated carbocycles. The van der Waals surface area contributed by atoms with Crippen LogP contribution in [0.2, 0.25) is 5.02 Å². The van der Waals surface area contributed by atoms with Crippen LogP contribution in [-0.4, -0.2) is 36.0 Å². The minimum absolute atomic E-state index is 0. The molecule has 2 aliphatic heterocycles. The van der Waals surface area contributed by atoms with Gasteiger partial charge in [-0.15, -0.1) is 12.4 Å². The first-order valence-electron chi connectivity index (χ1n) is 8.36. The van der Waals surface area contributed by atoms with Gasteiger partial charge in [0.1, 0.15) is 0 Å². The van der Waals surface area contributed by atoms with Gasteiger partial charge in [0.15, 0.2) is 0 Å². The number of hydrogen-bond donors (Lipinski definition) is 1. The van der Waals surface area contributed by atoms with Crippen LogP contribution >= 0.6 is 24.0 Å². The van der Waals surface area contributed by atoms with Crippen molar-refractivity contribution < 1.29 is 4.79 Å². The van der Waals surface area contributed by atoms with E-state index >= 15 is 0 Å². The molecule has 0 spiro atoms. The average molecular weight is 357 g/mol. The summed E-state index contributed by atoms with van der Waals surface area (Å²) in [6, 6.07) is 8.56. The molecule has 1 amide bonds. The second-order valence-corrected chi connectivity index (χ2v) is 7.34. The monoisotopic (exact) mass is 356 g/mol. The molecule has 1 aromatic carbocycles. The molecule has 2 bridgehead atoms. The summed E-state index contributed by atoms with van der Waals surface area (Å²) in [6.45, 7) is 6.21. The maximum absolute atomic E-state index is 13.3. The molecule has 128 valence electrons. The summed E-state index contributed by atoms with van der Waals surface area (Å²) in [5, 5.41) is 4.17. The fraction of sp³-hybridized carbons (Fsp3) is 0.611. The number of nitrogens with zero attached hydrogens (tertiary/aromatic N) is 1. The number of benzene rings is 1. The van der Waals surface area contributed by atoms with E-state index in [1.807, 2.05) is 24.3 Å². The van der Waals surface area contributed by atoms with Crippen molar-refractivity contribution in [3.63, 3.8) is 0 Å². The standard InChI is InChI=1S/C18H25ClN2O.ClH/c1-12(2)17(13-4-3-5-14(19)10-13)18(22)21-15-6-7-16(21)11-20-9-8-15;/h3-5,10,12,15-17,20H,6-9,11H2,1-2H3;1H. The summed E-state index contributed by atoms with van der Waals surface area (Å²) in [4.78, 5) is 15.5. The summed E-state index contributed by atoms with van der Waals surface area (Å²) >= 11 is 6.14. The first-order chi connectivity index (χ1) is 10.6. The van der Waals surface area contributed by atoms with Crippen molar-refractivity contribution in [1.82, 2.24) is 10.2 Å². The van der Waals surface area contributed by atoms with Crippen molar-refractivity contribution in [2.75, 3.05) is 13.1 Å². The van der Waals surface area contributed by atoms with E-state index in [1.54, 1.807) is 0 Å². The van der Waals surface area contributed by atoms with Crippen LogP contribution < -0.4 is 5.32 Å². The number of hydrogen-bond acceptors (Lipinski definition) is 2. The number of carbonyl (C=O) groups excluding carboxylic acids is 1. The molecule has 0 aliphatic carbocycles. The molecule has 3 unspecified atom stereocenters. The number of amides is 1. The van der Waals surface area contributed by atoms with Crippen LogP contribution in [0, 0.1) is 5.92 Å². The maximum atomic E-state index is 13.3. The second-order valence-electron chi connectivity index (χ2n) is 6.90. The van der Waals surface area contributed by atoms with Crippen LogP contribution in [0.1, 0.15) is 44.6 Å². The molecule has 3 atom stereocenters.